The lowest BCUT2D eigenvalue weighted by Gasteiger charge is -2.04. The van der Waals surface area contributed by atoms with Crippen molar-refractivity contribution in [1.29, 1.82) is 0 Å². The zero-order chi connectivity index (χ0) is 13.1. The molecule has 0 bridgehead atoms. The van der Waals surface area contributed by atoms with Gasteiger partial charge in [-0.2, -0.15) is 0 Å². The predicted molar refractivity (Wildman–Crippen MR) is 69.2 cm³/mol. The molecule has 6 heteroatoms. The second kappa shape index (κ2) is 5.39. The van der Waals surface area contributed by atoms with Crippen molar-refractivity contribution < 1.29 is 14.3 Å². The number of fused-ring (bicyclic) bond motifs is 1. The summed E-state index contributed by atoms with van der Waals surface area (Å²) in [7, 11) is 0. The van der Waals surface area contributed by atoms with Gasteiger partial charge < -0.3 is 9.67 Å². The van der Waals surface area contributed by atoms with E-state index in [1.807, 2.05) is 17.6 Å². The van der Waals surface area contributed by atoms with Crippen molar-refractivity contribution >= 4 is 28.8 Å². The number of nitrogens with zero attached hydrogens (tertiary/aromatic N) is 2. The van der Waals surface area contributed by atoms with Crippen LogP contribution in [0.1, 0.15) is 12.7 Å². The molecule has 0 saturated heterocycles. The molecule has 0 saturated carbocycles. The third-order valence-electron chi connectivity index (χ3n) is 2.58. The Bertz CT molecular complexity index is 583. The first kappa shape index (κ1) is 12.9. The van der Waals surface area contributed by atoms with Crippen LogP contribution in [0.4, 0.5) is 4.39 Å². The van der Waals surface area contributed by atoms with Crippen LogP contribution in [0.2, 0.25) is 0 Å². The molecule has 0 radical (unpaired) electrons. The van der Waals surface area contributed by atoms with Crippen LogP contribution in [0.15, 0.2) is 18.2 Å². The normalized spacial score (nSPS) is 11.0. The van der Waals surface area contributed by atoms with Crippen LogP contribution in [-0.2, 0) is 17.1 Å². The van der Waals surface area contributed by atoms with E-state index in [0.29, 0.717) is 23.6 Å². The summed E-state index contributed by atoms with van der Waals surface area (Å²) in [5.74, 6) is 0.00213. The Kier molecular flexibility index (Phi) is 3.86. The fourth-order valence-corrected chi connectivity index (χ4v) is 2.53. The highest BCUT2D eigenvalue weighted by molar-refractivity contribution is 7.99. The molecule has 0 aliphatic carbocycles. The summed E-state index contributed by atoms with van der Waals surface area (Å²) in [4.78, 5) is 14.7. The number of aromatic nitrogens is 2. The Hall–Kier alpha value is -1.56. The molecule has 2 aromatic rings. The van der Waals surface area contributed by atoms with E-state index in [1.54, 1.807) is 6.07 Å². The zero-order valence-electron chi connectivity index (χ0n) is 9.89. The SMILES string of the molecule is CCn1c(CSCC(=O)O)nc2c(F)cccc21. The highest BCUT2D eigenvalue weighted by Gasteiger charge is 2.12. The number of carboxylic acids is 1. The van der Waals surface area contributed by atoms with E-state index in [2.05, 4.69) is 4.98 Å². The smallest absolute Gasteiger partial charge is 0.313 e. The van der Waals surface area contributed by atoms with E-state index in [4.69, 9.17) is 5.11 Å². The van der Waals surface area contributed by atoms with E-state index in [0.717, 1.165) is 5.52 Å². The van der Waals surface area contributed by atoms with Gasteiger partial charge in [0.1, 0.15) is 11.3 Å². The summed E-state index contributed by atoms with van der Waals surface area (Å²) in [6.45, 7) is 2.64. The quantitative estimate of drug-likeness (QED) is 0.905. The van der Waals surface area contributed by atoms with Gasteiger partial charge in [-0.05, 0) is 19.1 Å². The second-order valence-electron chi connectivity index (χ2n) is 3.77. The highest BCUT2D eigenvalue weighted by atomic mass is 32.2. The van der Waals surface area contributed by atoms with Gasteiger partial charge in [0.05, 0.1) is 17.0 Å². The van der Waals surface area contributed by atoms with Crippen LogP contribution in [-0.4, -0.2) is 26.4 Å². The Morgan fingerprint density at radius 1 is 1.56 bits per heavy atom. The molecule has 1 aromatic carbocycles. The van der Waals surface area contributed by atoms with Crippen molar-refractivity contribution in [2.45, 2.75) is 19.2 Å². The van der Waals surface area contributed by atoms with Gasteiger partial charge in [0.25, 0.3) is 0 Å². The zero-order valence-corrected chi connectivity index (χ0v) is 10.7. The van der Waals surface area contributed by atoms with Gasteiger partial charge in [0, 0.05) is 6.54 Å². The van der Waals surface area contributed by atoms with Crippen LogP contribution in [0, 0.1) is 5.82 Å². The average Bonchev–Trinajstić information content (AvgIpc) is 2.68. The lowest BCUT2D eigenvalue weighted by Crippen LogP contribution is -2.03. The van der Waals surface area contributed by atoms with Crippen LogP contribution in [0.3, 0.4) is 0 Å². The largest absolute Gasteiger partial charge is 0.481 e. The van der Waals surface area contributed by atoms with Crippen molar-refractivity contribution in [3.8, 4) is 0 Å². The van der Waals surface area contributed by atoms with Gasteiger partial charge in [-0.1, -0.05) is 6.07 Å². The third kappa shape index (κ3) is 2.48. The van der Waals surface area contributed by atoms with Gasteiger partial charge in [-0.25, -0.2) is 9.37 Å². The van der Waals surface area contributed by atoms with Crippen molar-refractivity contribution in [3.63, 3.8) is 0 Å². The Balaban J connectivity index is 2.32. The Morgan fingerprint density at radius 2 is 2.33 bits per heavy atom. The molecule has 0 amide bonds. The summed E-state index contributed by atoms with van der Waals surface area (Å²) in [5, 5.41) is 8.59. The van der Waals surface area contributed by atoms with Crippen molar-refractivity contribution in [3.05, 3.63) is 29.8 Å². The topological polar surface area (TPSA) is 55.1 Å². The fraction of sp³-hybridized carbons (Fsp3) is 0.333. The molecular formula is C12H13FN2O2S. The molecule has 0 unspecified atom stereocenters. The van der Waals surface area contributed by atoms with Crippen molar-refractivity contribution in [1.82, 2.24) is 9.55 Å². The highest BCUT2D eigenvalue weighted by Crippen LogP contribution is 2.21. The molecule has 1 N–H and O–H groups in total. The number of hydrogen-bond acceptors (Lipinski definition) is 3. The van der Waals surface area contributed by atoms with Gasteiger partial charge in [0.15, 0.2) is 5.82 Å². The van der Waals surface area contributed by atoms with Crippen molar-refractivity contribution in [2.75, 3.05) is 5.75 Å². The number of thioether (sulfide) groups is 1. The van der Waals surface area contributed by atoms with Gasteiger partial charge in [-0.15, -0.1) is 11.8 Å². The number of aliphatic carboxylic acids is 1. The van der Waals surface area contributed by atoms with Crippen LogP contribution < -0.4 is 0 Å². The van der Waals surface area contributed by atoms with E-state index in [-0.39, 0.29) is 11.6 Å². The first-order valence-electron chi connectivity index (χ1n) is 5.56. The molecule has 4 nitrogen and oxygen atoms in total. The summed E-state index contributed by atoms with van der Waals surface area (Å²) in [6.07, 6.45) is 0. The van der Waals surface area contributed by atoms with Gasteiger partial charge in [-0.3, -0.25) is 4.79 Å². The number of para-hydroxylation sites is 1. The number of aryl methyl sites for hydroxylation is 1. The van der Waals surface area contributed by atoms with E-state index < -0.39 is 5.97 Å². The maximum atomic E-state index is 13.6. The summed E-state index contributed by atoms with van der Waals surface area (Å²) in [6, 6.07) is 4.85. The molecule has 18 heavy (non-hydrogen) atoms. The molecule has 0 atom stereocenters. The summed E-state index contributed by atoms with van der Waals surface area (Å²) in [5.41, 5.74) is 1.11. The number of carbonyl (C=O) groups is 1. The summed E-state index contributed by atoms with van der Waals surface area (Å²) < 4.78 is 15.5. The standard InChI is InChI=1S/C12H13FN2O2S/c1-2-15-9-5-3-4-8(13)12(9)14-10(15)6-18-7-11(16)17/h3-5H,2,6-7H2,1H3,(H,16,17). The first-order chi connectivity index (χ1) is 8.63. The minimum absolute atomic E-state index is 0.0232. The van der Waals surface area contributed by atoms with Crippen LogP contribution in [0.5, 0.6) is 0 Å². The number of rotatable bonds is 5. The molecule has 0 fully saturated rings. The van der Waals surface area contributed by atoms with Crippen LogP contribution >= 0.6 is 11.8 Å². The molecule has 96 valence electrons. The maximum absolute atomic E-state index is 13.6. The molecular weight excluding hydrogens is 255 g/mol. The minimum atomic E-state index is -0.856. The second-order valence-corrected chi connectivity index (χ2v) is 4.75. The Labute approximate surface area is 108 Å². The predicted octanol–water partition coefficient (Wildman–Crippen LogP) is 2.51. The van der Waals surface area contributed by atoms with Crippen LogP contribution in [0.25, 0.3) is 11.0 Å². The monoisotopic (exact) mass is 268 g/mol. The number of benzene rings is 1. The fourth-order valence-electron chi connectivity index (χ4n) is 1.85. The van der Waals surface area contributed by atoms with E-state index in [1.165, 1.54) is 17.8 Å². The number of halogens is 1. The Morgan fingerprint density at radius 3 is 3.00 bits per heavy atom. The lowest BCUT2D eigenvalue weighted by atomic mass is 10.3. The number of hydrogen-bond donors (Lipinski definition) is 1. The molecule has 1 heterocycles. The number of imidazole rings is 1. The third-order valence-corrected chi connectivity index (χ3v) is 3.50. The first-order valence-corrected chi connectivity index (χ1v) is 6.72. The minimum Gasteiger partial charge on any atom is -0.481 e. The average molecular weight is 268 g/mol. The lowest BCUT2D eigenvalue weighted by molar-refractivity contribution is -0.133. The molecule has 1 aromatic heterocycles. The molecule has 0 aliphatic heterocycles. The molecule has 0 spiro atoms. The van der Waals surface area contributed by atoms with E-state index >= 15 is 0 Å². The molecule has 2 rings (SSSR count). The van der Waals surface area contributed by atoms with Gasteiger partial charge in [0.2, 0.25) is 0 Å². The van der Waals surface area contributed by atoms with Crippen molar-refractivity contribution in [2.24, 2.45) is 0 Å². The van der Waals surface area contributed by atoms with E-state index in [9.17, 15) is 9.18 Å². The van der Waals surface area contributed by atoms with Gasteiger partial charge >= 0.3 is 5.97 Å². The number of carboxylic acid groups (broad SMARTS) is 1. The molecule has 0 aliphatic rings. The maximum Gasteiger partial charge on any atom is 0.313 e. The summed E-state index contributed by atoms with van der Waals surface area (Å²) >= 11 is 1.26.